The lowest BCUT2D eigenvalue weighted by atomic mass is 10.1. The molecule has 0 bridgehead atoms. The van der Waals surface area contributed by atoms with Crippen molar-refractivity contribution in [3.63, 3.8) is 0 Å². The van der Waals surface area contributed by atoms with Crippen LogP contribution >= 0.6 is 11.6 Å². The summed E-state index contributed by atoms with van der Waals surface area (Å²) in [5.74, 6) is 0.730. The molecule has 28 heavy (non-hydrogen) atoms. The Kier molecular flexibility index (Phi) is 4.76. The first-order chi connectivity index (χ1) is 13.5. The molecule has 10 heteroatoms. The number of nitrogens with one attached hydrogen (secondary N) is 4. The van der Waals surface area contributed by atoms with Crippen LogP contribution in [-0.2, 0) is 0 Å². The highest BCUT2D eigenvalue weighted by Crippen LogP contribution is 2.34. The number of aromatic nitrogens is 3. The largest absolute Gasteiger partial charge is 0.384 e. The highest BCUT2D eigenvalue weighted by molar-refractivity contribution is 6.33. The van der Waals surface area contributed by atoms with Gasteiger partial charge >= 0.3 is 0 Å². The number of halogens is 2. The molecule has 1 atom stereocenters. The molecule has 6 N–H and O–H groups in total. The molecule has 142 valence electrons. The van der Waals surface area contributed by atoms with Crippen LogP contribution in [-0.4, -0.2) is 27.7 Å². The van der Waals surface area contributed by atoms with Crippen LogP contribution in [0.4, 0.5) is 33.2 Å². The summed E-state index contributed by atoms with van der Waals surface area (Å²) in [4.78, 5) is 12.1. The van der Waals surface area contributed by atoms with Crippen molar-refractivity contribution in [3.05, 3.63) is 58.8 Å². The van der Waals surface area contributed by atoms with E-state index >= 15 is 0 Å². The van der Waals surface area contributed by atoms with Crippen LogP contribution < -0.4 is 21.7 Å². The fourth-order valence-electron chi connectivity index (χ4n) is 2.67. The predicted octanol–water partition coefficient (Wildman–Crippen LogP) is 3.38. The zero-order valence-electron chi connectivity index (χ0n) is 14.5. The Hall–Kier alpha value is -3.30. The predicted molar refractivity (Wildman–Crippen MR) is 107 cm³/mol. The van der Waals surface area contributed by atoms with Crippen LogP contribution in [0.3, 0.4) is 0 Å². The van der Waals surface area contributed by atoms with Gasteiger partial charge in [0.05, 0.1) is 16.4 Å². The Balaban J connectivity index is 1.64. The van der Waals surface area contributed by atoms with Crippen molar-refractivity contribution in [3.8, 4) is 0 Å². The van der Waals surface area contributed by atoms with E-state index in [1.165, 1.54) is 18.6 Å². The van der Waals surface area contributed by atoms with E-state index < -0.39 is 5.82 Å². The first-order valence-electron chi connectivity index (χ1n) is 8.38. The maximum atomic E-state index is 14.6. The monoisotopic (exact) mass is 398 g/mol. The minimum Gasteiger partial charge on any atom is -0.384 e. The normalized spacial score (nSPS) is 15.1. The Bertz CT molecular complexity index is 1030. The molecule has 0 spiro atoms. The van der Waals surface area contributed by atoms with Crippen molar-refractivity contribution < 1.29 is 4.39 Å². The van der Waals surface area contributed by atoms with E-state index in [4.69, 9.17) is 22.7 Å². The first-order valence-corrected chi connectivity index (χ1v) is 8.75. The van der Waals surface area contributed by atoms with Crippen molar-refractivity contribution in [1.29, 1.82) is 5.41 Å². The minimum absolute atomic E-state index is 0.137. The second-order valence-corrected chi connectivity index (χ2v) is 6.61. The van der Waals surface area contributed by atoms with Crippen molar-refractivity contribution in [2.24, 2.45) is 0 Å². The zero-order chi connectivity index (χ0) is 19.7. The first kappa shape index (κ1) is 18.1. The molecule has 1 saturated heterocycles. The molecule has 4 rings (SSSR count). The van der Waals surface area contributed by atoms with Gasteiger partial charge in [0.1, 0.15) is 29.6 Å². The summed E-state index contributed by atoms with van der Waals surface area (Å²) in [7, 11) is 0. The van der Waals surface area contributed by atoms with E-state index in [2.05, 4.69) is 30.9 Å². The number of nitrogens with two attached hydrogens (primary N) is 1. The SMILES string of the molecule is N=Cc1cnc(Nc2cc(N)ncn2)cc1Nc1c(F)cc(C2CN2)cc1Cl. The minimum atomic E-state index is -0.470. The number of nitrogen functional groups attached to an aromatic ring is 1. The maximum Gasteiger partial charge on any atom is 0.148 e. The molecule has 0 amide bonds. The van der Waals surface area contributed by atoms with Crippen LogP contribution in [0, 0.1) is 11.2 Å². The van der Waals surface area contributed by atoms with Gasteiger partial charge in [0.25, 0.3) is 0 Å². The lowest BCUT2D eigenvalue weighted by Crippen LogP contribution is -2.03. The summed E-state index contributed by atoms with van der Waals surface area (Å²) >= 11 is 6.29. The molecular formula is C18H16ClFN8. The average molecular weight is 399 g/mol. The number of benzene rings is 1. The lowest BCUT2D eigenvalue weighted by molar-refractivity contribution is 0.629. The Morgan fingerprint density at radius 2 is 1.96 bits per heavy atom. The molecule has 1 fully saturated rings. The van der Waals surface area contributed by atoms with Gasteiger partial charge in [-0.25, -0.2) is 19.3 Å². The van der Waals surface area contributed by atoms with E-state index in [1.807, 2.05) is 0 Å². The number of hydrogen-bond acceptors (Lipinski definition) is 8. The third kappa shape index (κ3) is 3.85. The number of pyridine rings is 1. The Labute approximate surface area is 164 Å². The standard InChI is InChI=1S/C18H16ClFN8/c19-11-1-9(14-7-23-14)2-12(20)18(11)27-13-3-16(24-6-10(13)5-21)28-17-4-15(22)25-8-26-17/h1-6,8,14,21,23H,7H2,(H4,22,24,25,26,27,28). The maximum absolute atomic E-state index is 14.6. The summed E-state index contributed by atoms with van der Waals surface area (Å²) in [6, 6.07) is 6.51. The van der Waals surface area contributed by atoms with Gasteiger partial charge in [-0.05, 0) is 17.7 Å². The van der Waals surface area contributed by atoms with Gasteiger partial charge in [0.2, 0.25) is 0 Å². The smallest absolute Gasteiger partial charge is 0.148 e. The van der Waals surface area contributed by atoms with Crippen LogP contribution in [0.5, 0.6) is 0 Å². The number of anilines is 5. The van der Waals surface area contributed by atoms with Crippen molar-refractivity contribution in [2.75, 3.05) is 22.9 Å². The fourth-order valence-corrected chi connectivity index (χ4v) is 2.94. The molecule has 1 aliphatic rings. The van der Waals surface area contributed by atoms with Gasteiger partial charge < -0.3 is 27.1 Å². The quantitative estimate of drug-likeness (QED) is 0.317. The molecule has 1 unspecified atom stereocenters. The van der Waals surface area contributed by atoms with E-state index in [-0.39, 0.29) is 16.8 Å². The van der Waals surface area contributed by atoms with Crippen LogP contribution in [0.15, 0.2) is 36.8 Å². The van der Waals surface area contributed by atoms with Gasteiger partial charge in [-0.15, -0.1) is 0 Å². The van der Waals surface area contributed by atoms with Crippen molar-refractivity contribution in [2.45, 2.75) is 6.04 Å². The molecule has 0 saturated carbocycles. The summed E-state index contributed by atoms with van der Waals surface area (Å²) in [6.45, 7) is 0.813. The Morgan fingerprint density at radius 3 is 2.64 bits per heavy atom. The van der Waals surface area contributed by atoms with Gasteiger partial charge in [-0.3, -0.25) is 0 Å². The average Bonchev–Trinajstić information content (AvgIpc) is 3.50. The topological polar surface area (TPSA) is 135 Å². The van der Waals surface area contributed by atoms with E-state index in [0.717, 1.165) is 18.3 Å². The molecule has 3 heterocycles. The van der Waals surface area contributed by atoms with Crippen LogP contribution in [0.1, 0.15) is 17.2 Å². The van der Waals surface area contributed by atoms with Gasteiger partial charge in [0, 0.05) is 42.7 Å². The number of rotatable bonds is 6. The van der Waals surface area contributed by atoms with Gasteiger partial charge in [-0.1, -0.05) is 11.6 Å². The lowest BCUT2D eigenvalue weighted by Gasteiger charge is -2.14. The molecule has 1 aliphatic heterocycles. The fraction of sp³-hybridized carbons (Fsp3) is 0.111. The van der Waals surface area contributed by atoms with Gasteiger partial charge in [0.15, 0.2) is 0 Å². The molecule has 8 nitrogen and oxygen atoms in total. The highest BCUT2D eigenvalue weighted by Gasteiger charge is 2.24. The third-order valence-electron chi connectivity index (χ3n) is 4.17. The second-order valence-electron chi connectivity index (χ2n) is 6.20. The molecule has 2 aromatic heterocycles. The second kappa shape index (κ2) is 7.37. The summed E-state index contributed by atoms with van der Waals surface area (Å²) in [5.41, 5.74) is 7.52. The van der Waals surface area contributed by atoms with Crippen LogP contribution in [0.2, 0.25) is 5.02 Å². The highest BCUT2D eigenvalue weighted by atomic mass is 35.5. The number of hydrogen-bond donors (Lipinski definition) is 5. The van der Waals surface area contributed by atoms with E-state index in [0.29, 0.717) is 28.7 Å². The molecular weight excluding hydrogens is 383 g/mol. The van der Waals surface area contributed by atoms with Crippen molar-refractivity contribution >= 4 is 46.6 Å². The van der Waals surface area contributed by atoms with E-state index in [1.54, 1.807) is 18.2 Å². The zero-order valence-corrected chi connectivity index (χ0v) is 15.3. The molecule has 0 aliphatic carbocycles. The number of nitrogens with zero attached hydrogens (tertiary/aromatic N) is 3. The van der Waals surface area contributed by atoms with Crippen LogP contribution in [0.25, 0.3) is 0 Å². The Morgan fingerprint density at radius 1 is 1.18 bits per heavy atom. The van der Waals surface area contributed by atoms with Crippen molar-refractivity contribution in [1.82, 2.24) is 20.3 Å². The van der Waals surface area contributed by atoms with Gasteiger partial charge in [-0.2, -0.15) is 0 Å². The molecule has 0 radical (unpaired) electrons. The van der Waals surface area contributed by atoms with E-state index in [9.17, 15) is 4.39 Å². The molecule has 1 aromatic carbocycles. The molecule has 3 aromatic rings. The summed E-state index contributed by atoms with van der Waals surface area (Å²) in [5, 5.41) is 16.9. The third-order valence-corrected chi connectivity index (χ3v) is 4.47. The summed E-state index contributed by atoms with van der Waals surface area (Å²) in [6.07, 6.45) is 3.93. The summed E-state index contributed by atoms with van der Waals surface area (Å²) < 4.78 is 14.6.